The van der Waals surface area contributed by atoms with Gasteiger partial charge in [-0.2, -0.15) is 0 Å². The number of ether oxygens (including phenoxy) is 1. The summed E-state index contributed by atoms with van der Waals surface area (Å²) in [5.41, 5.74) is 2.23. The molecule has 1 heterocycles. The van der Waals surface area contributed by atoms with Crippen LogP contribution in [-0.4, -0.2) is 43.0 Å². The van der Waals surface area contributed by atoms with Crippen LogP contribution in [0.25, 0.3) is 0 Å². The number of methoxy groups -OCH3 is 1. The number of hydrogen-bond acceptors (Lipinski definition) is 4. The van der Waals surface area contributed by atoms with Gasteiger partial charge in [0.05, 0.1) is 24.8 Å². The molecule has 2 amide bonds. The largest absolute Gasteiger partial charge is 0.495 e. The second kappa shape index (κ2) is 9.96. The van der Waals surface area contributed by atoms with Gasteiger partial charge in [0.25, 0.3) is 0 Å². The summed E-state index contributed by atoms with van der Waals surface area (Å²) in [5, 5.41) is 6.50. The van der Waals surface area contributed by atoms with E-state index in [1.807, 2.05) is 44.2 Å². The van der Waals surface area contributed by atoms with Crippen molar-refractivity contribution in [2.45, 2.75) is 32.7 Å². The molecule has 160 valence electrons. The smallest absolute Gasteiger partial charge is 0.241 e. The number of benzene rings is 2. The van der Waals surface area contributed by atoms with Gasteiger partial charge in [-0.3, -0.25) is 14.5 Å². The van der Waals surface area contributed by atoms with E-state index in [1.165, 1.54) is 0 Å². The number of anilines is 2. The zero-order chi connectivity index (χ0) is 21.7. The van der Waals surface area contributed by atoms with Crippen molar-refractivity contribution in [2.75, 3.05) is 30.8 Å². The van der Waals surface area contributed by atoms with Gasteiger partial charge in [-0.15, -0.1) is 0 Å². The van der Waals surface area contributed by atoms with E-state index >= 15 is 0 Å². The van der Waals surface area contributed by atoms with Gasteiger partial charge in [0, 0.05) is 23.3 Å². The topological polar surface area (TPSA) is 70.7 Å². The second-order valence-corrected chi connectivity index (χ2v) is 8.06. The number of hydrogen-bond donors (Lipinski definition) is 2. The normalized spacial score (nSPS) is 17.8. The minimum Gasteiger partial charge on any atom is -0.495 e. The first kappa shape index (κ1) is 22.1. The third kappa shape index (κ3) is 5.32. The molecule has 0 aromatic heterocycles. The second-order valence-electron chi connectivity index (χ2n) is 7.66. The van der Waals surface area contributed by atoms with Gasteiger partial charge in [0.15, 0.2) is 0 Å². The Morgan fingerprint density at radius 1 is 1.20 bits per heavy atom. The average molecular weight is 430 g/mol. The number of para-hydroxylation sites is 1. The third-order valence-corrected chi connectivity index (χ3v) is 5.94. The number of carbonyl (C=O) groups is 2. The highest BCUT2D eigenvalue weighted by atomic mass is 35.5. The molecule has 0 unspecified atom stereocenters. The van der Waals surface area contributed by atoms with E-state index in [0.717, 1.165) is 30.6 Å². The molecule has 3 rings (SSSR count). The number of nitrogens with one attached hydrogen (secondary N) is 2. The third-order valence-electron chi connectivity index (χ3n) is 5.53. The van der Waals surface area contributed by atoms with Gasteiger partial charge < -0.3 is 15.4 Å². The molecule has 1 aliphatic heterocycles. The van der Waals surface area contributed by atoms with Gasteiger partial charge >= 0.3 is 0 Å². The van der Waals surface area contributed by atoms with E-state index in [0.29, 0.717) is 23.0 Å². The Balaban J connectivity index is 1.63. The maximum Gasteiger partial charge on any atom is 0.241 e. The van der Waals surface area contributed by atoms with Crippen molar-refractivity contribution in [1.29, 1.82) is 0 Å². The molecule has 0 saturated carbocycles. The zero-order valence-electron chi connectivity index (χ0n) is 17.6. The van der Waals surface area contributed by atoms with Gasteiger partial charge in [-0.05, 0) is 57.0 Å². The van der Waals surface area contributed by atoms with Gasteiger partial charge in [0.1, 0.15) is 5.75 Å². The van der Waals surface area contributed by atoms with Crippen molar-refractivity contribution in [3.05, 3.63) is 53.1 Å². The molecule has 0 aliphatic carbocycles. The maximum absolute atomic E-state index is 12.9. The number of carbonyl (C=O) groups excluding carboxylic acids is 2. The van der Waals surface area contributed by atoms with Gasteiger partial charge in [-0.25, -0.2) is 0 Å². The first-order chi connectivity index (χ1) is 14.4. The van der Waals surface area contributed by atoms with Crippen molar-refractivity contribution < 1.29 is 14.3 Å². The predicted octanol–water partition coefficient (Wildman–Crippen LogP) is 4.33. The highest BCUT2D eigenvalue weighted by Crippen LogP contribution is 2.31. The van der Waals surface area contributed by atoms with Crippen LogP contribution in [0.3, 0.4) is 0 Å². The molecule has 0 bridgehead atoms. The number of likely N-dealkylation sites (tertiary alicyclic amines) is 1. The molecule has 0 spiro atoms. The molecule has 2 N–H and O–H groups in total. The number of aryl methyl sites for hydroxylation is 1. The lowest BCUT2D eigenvalue weighted by Crippen LogP contribution is -2.49. The van der Waals surface area contributed by atoms with Crippen LogP contribution in [0.5, 0.6) is 5.75 Å². The van der Waals surface area contributed by atoms with Crippen molar-refractivity contribution in [3.8, 4) is 5.75 Å². The van der Waals surface area contributed by atoms with Crippen LogP contribution in [0.1, 0.15) is 25.3 Å². The Morgan fingerprint density at radius 3 is 2.63 bits per heavy atom. The van der Waals surface area contributed by atoms with Gasteiger partial charge in [0.2, 0.25) is 11.8 Å². The maximum atomic E-state index is 12.9. The first-order valence-electron chi connectivity index (χ1n) is 10.1. The van der Waals surface area contributed by atoms with Crippen LogP contribution < -0.4 is 15.4 Å². The standard InChI is InChI=1S/C23H28ClN3O3/c1-15-12-20(21(30-3)13-19(15)24)26-22(28)16(2)27-11-7-8-17(14-27)23(29)25-18-9-5-4-6-10-18/h4-6,9-10,12-13,16-17H,7-8,11,14H2,1-3H3,(H,25,29)(H,26,28)/t16-,17+/m1/s1. The molecule has 2 atom stereocenters. The monoisotopic (exact) mass is 429 g/mol. The SMILES string of the molecule is COc1cc(Cl)c(C)cc1NC(=O)[C@@H](C)N1CCC[C@H](C(=O)Nc2ccccc2)C1. The lowest BCUT2D eigenvalue weighted by atomic mass is 9.95. The summed E-state index contributed by atoms with van der Waals surface area (Å²) >= 11 is 6.15. The van der Waals surface area contributed by atoms with Crippen molar-refractivity contribution in [1.82, 2.24) is 4.90 Å². The highest BCUT2D eigenvalue weighted by Gasteiger charge is 2.31. The fourth-order valence-electron chi connectivity index (χ4n) is 3.67. The summed E-state index contributed by atoms with van der Waals surface area (Å²) in [6.45, 7) is 5.06. The predicted molar refractivity (Wildman–Crippen MR) is 120 cm³/mol. The molecule has 1 fully saturated rings. The van der Waals surface area contributed by atoms with Crippen LogP contribution in [0.15, 0.2) is 42.5 Å². The van der Waals surface area contributed by atoms with E-state index < -0.39 is 0 Å². The summed E-state index contributed by atoms with van der Waals surface area (Å²) in [6.07, 6.45) is 1.68. The molecule has 1 aliphatic rings. The number of amides is 2. The molecule has 1 saturated heterocycles. The Labute approximate surface area is 182 Å². The molecular weight excluding hydrogens is 402 g/mol. The Morgan fingerprint density at radius 2 is 1.93 bits per heavy atom. The van der Waals surface area contributed by atoms with E-state index in [2.05, 4.69) is 15.5 Å². The Kier molecular flexibility index (Phi) is 7.34. The van der Waals surface area contributed by atoms with Crippen LogP contribution in [-0.2, 0) is 9.59 Å². The van der Waals surface area contributed by atoms with Crippen LogP contribution in [0, 0.1) is 12.8 Å². The number of nitrogens with zero attached hydrogens (tertiary/aromatic N) is 1. The van der Waals surface area contributed by atoms with Gasteiger partial charge in [-0.1, -0.05) is 29.8 Å². The molecule has 0 radical (unpaired) electrons. The van der Waals surface area contributed by atoms with E-state index in [9.17, 15) is 9.59 Å². The molecule has 7 heteroatoms. The summed E-state index contributed by atoms with van der Waals surface area (Å²) in [4.78, 5) is 27.6. The van der Waals surface area contributed by atoms with Crippen LogP contribution in [0.2, 0.25) is 5.02 Å². The summed E-state index contributed by atoms with van der Waals surface area (Å²) in [6, 6.07) is 12.6. The number of rotatable bonds is 6. The molecular formula is C23H28ClN3O3. The summed E-state index contributed by atoms with van der Waals surface area (Å²) in [5.74, 6) is 0.221. The van der Waals surface area contributed by atoms with E-state index in [-0.39, 0.29) is 23.8 Å². The fraction of sp³-hybridized carbons (Fsp3) is 0.391. The summed E-state index contributed by atoms with van der Waals surface area (Å²) < 4.78 is 5.35. The van der Waals surface area contributed by atoms with Crippen molar-refractivity contribution in [3.63, 3.8) is 0 Å². The highest BCUT2D eigenvalue weighted by molar-refractivity contribution is 6.31. The Hall–Kier alpha value is -2.57. The Bertz CT molecular complexity index is 904. The zero-order valence-corrected chi connectivity index (χ0v) is 18.3. The minimum absolute atomic E-state index is 0.00602. The number of halogens is 1. The minimum atomic E-state index is -0.377. The van der Waals surface area contributed by atoms with E-state index in [4.69, 9.17) is 16.3 Å². The van der Waals surface area contributed by atoms with Crippen LogP contribution in [0.4, 0.5) is 11.4 Å². The summed E-state index contributed by atoms with van der Waals surface area (Å²) in [7, 11) is 1.54. The molecule has 30 heavy (non-hydrogen) atoms. The van der Waals surface area contributed by atoms with Crippen molar-refractivity contribution >= 4 is 34.8 Å². The first-order valence-corrected chi connectivity index (χ1v) is 10.5. The van der Waals surface area contributed by atoms with E-state index in [1.54, 1.807) is 19.2 Å². The quantitative estimate of drug-likeness (QED) is 0.716. The van der Waals surface area contributed by atoms with Crippen molar-refractivity contribution in [2.24, 2.45) is 5.92 Å². The average Bonchev–Trinajstić information content (AvgIpc) is 2.76. The molecule has 2 aromatic carbocycles. The van der Waals surface area contributed by atoms with Crippen LogP contribution >= 0.6 is 11.6 Å². The fourth-order valence-corrected chi connectivity index (χ4v) is 3.82. The molecule has 6 nitrogen and oxygen atoms in total. The number of piperidine rings is 1. The lowest BCUT2D eigenvalue weighted by molar-refractivity contribution is -0.125. The lowest BCUT2D eigenvalue weighted by Gasteiger charge is -2.35. The molecule has 2 aromatic rings.